The first-order chi connectivity index (χ1) is 15.6. The first-order valence-corrected chi connectivity index (χ1v) is 10.4. The van der Waals surface area contributed by atoms with Gasteiger partial charge in [-0.2, -0.15) is 0 Å². The van der Waals surface area contributed by atoms with Crippen molar-refractivity contribution in [1.29, 1.82) is 0 Å². The van der Waals surface area contributed by atoms with Gasteiger partial charge in [-0.05, 0) is 33.2 Å². The molecule has 1 amide bonds. The molecule has 1 heterocycles. The van der Waals surface area contributed by atoms with E-state index in [0.29, 0.717) is 31.3 Å². The number of ether oxygens (including phenoxy) is 1. The Morgan fingerprint density at radius 1 is 1.03 bits per heavy atom. The topological polar surface area (TPSA) is 115 Å². The van der Waals surface area contributed by atoms with Crippen LogP contribution in [0.25, 0.3) is 10.8 Å². The van der Waals surface area contributed by atoms with Crippen molar-refractivity contribution in [1.82, 2.24) is 20.9 Å². The zero-order chi connectivity index (χ0) is 22.3. The lowest BCUT2D eigenvalue weighted by Gasteiger charge is -2.16. The molecule has 1 aromatic heterocycles. The van der Waals surface area contributed by atoms with Crippen molar-refractivity contribution in [3.05, 3.63) is 82.5 Å². The summed E-state index contributed by atoms with van der Waals surface area (Å²) >= 11 is 6.27. The molecule has 0 radical (unpaired) electrons. The Kier molecular flexibility index (Phi) is 8.48. The van der Waals surface area contributed by atoms with Crippen LogP contribution in [0.5, 0.6) is 5.75 Å². The number of hydrogen-bond acceptors (Lipinski definition) is 7. The molecule has 33 heavy (non-hydrogen) atoms. The molecule has 0 aliphatic carbocycles. The number of carbonyl (C=O) groups excluding carboxylic acids is 1. The van der Waals surface area contributed by atoms with Gasteiger partial charge in [0.05, 0.1) is 0 Å². The lowest BCUT2D eigenvalue weighted by atomic mass is 10.0. The van der Waals surface area contributed by atoms with Gasteiger partial charge in [-0.15, -0.1) is 12.4 Å². The minimum Gasteiger partial charge on any atom is -0.488 e. The number of carbonyl (C=O) groups is 1. The standard InChI is InChI=1S/C23H22ClN5O3.ClH/c24-19-8-4-2-6-16(19)14-31-20-10-9-15-5-1-3-7-17(15)18(20)13-26-11-12-27-23(30)21-22(25)29-32-28-21;/h1-10,26H,11-14H2,(H2,25,29)(H,27,30);1H. The summed E-state index contributed by atoms with van der Waals surface area (Å²) in [4.78, 5) is 12.0. The first kappa shape index (κ1) is 24.3. The second-order valence-electron chi connectivity index (χ2n) is 7.07. The monoisotopic (exact) mass is 487 g/mol. The van der Waals surface area contributed by atoms with Crippen LogP contribution in [0.15, 0.2) is 65.3 Å². The van der Waals surface area contributed by atoms with Crippen LogP contribution in [0.4, 0.5) is 5.82 Å². The summed E-state index contributed by atoms with van der Waals surface area (Å²) in [6.07, 6.45) is 0. The third-order valence-corrected chi connectivity index (χ3v) is 5.33. The van der Waals surface area contributed by atoms with Crippen molar-refractivity contribution in [2.24, 2.45) is 0 Å². The average Bonchev–Trinajstić information content (AvgIpc) is 3.24. The predicted molar refractivity (Wildman–Crippen MR) is 130 cm³/mol. The van der Waals surface area contributed by atoms with Gasteiger partial charge < -0.3 is 21.1 Å². The van der Waals surface area contributed by atoms with Crippen molar-refractivity contribution < 1.29 is 14.2 Å². The molecule has 0 saturated carbocycles. The van der Waals surface area contributed by atoms with Gasteiger partial charge in [0.25, 0.3) is 5.91 Å². The summed E-state index contributed by atoms with van der Waals surface area (Å²) in [6.45, 7) is 1.84. The fraction of sp³-hybridized carbons (Fsp3) is 0.174. The van der Waals surface area contributed by atoms with Gasteiger partial charge in [-0.25, -0.2) is 4.63 Å². The van der Waals surface area contributed by atoms with Gasteiger partial charge in [-0.1, -0.05) is 60.1 Å². The molecule has 10 heteroatoms. The summed E-state index contributed by atoms with van der Waals surface area (Å²) in [7, 11) is 0. The van der Waals surface area contributed by atoms with Crippen molar-refractivity contribution in [2.45, 2.75) is 13.2 Å². The summed E-state index contributed by atoms with van der Waals surface area (Å²) in [6, 6.07) is 19.8. The Labute approximate surface area is 201 Å². The number of nitrogens with zero attached hydrogens (tertiary/aromatic N) is 2. The van der Waals surface area contributed by atoms with Crippen molar-refractivity contribution >= 4 is 46.5 Å². The maximum absolute atomic E-state index is 12.0. The van der Waals surface area contributed by atoms with Crippen LogP contribution < -0.4 is 21.1 Å². The first-order valence-electron chi connectivity index (χ1n) is 10.1. The third-order valence-electron chi connectivity index (χ3n) is 4.96. The maximum atomic E-state index is 12.0. The molecule has 0 saturated heterocycles. The Balaban J connectivity index is 0.00000306. The Morgan fingerprint density at radius 3 is 2.61 bits per heavy atom. The summed E-state index contributed by atoms with van der Waals surface area (Å²) < 4.78 is 10.6. The van der Waals surface area contributed by atoms with E-state index in [0.717, 1.165) is 27.6 Å². The quantitative estimate of drug-likeness (QED) is 0.305. The van der Waals surface area contributed by atoms with Crippen molar-refractivity contribution in [2.75, 3.05) is 18.8 Å². The number of nitrogens with two attached hydrogens (primary N) is 1. The second kappa shape index (κ2) is 11.5. The number of aromatic nitrogens is 2. The van der Waals surface area contributed by atoms with Crippen LogP contribution >= 0.6 is 24.0 Å². The molecule has 0 aliphatic heterocycles. The number of rotatable bonds is 9. The van der Waals surface area contributed by atoms with Crippen LogP contribution in [0, 0.1) is 0 Å². The number of amides is 1. The molecule has 172 valence electrons. The number of nitrogen functional groups attached to an aromatic ring is 1. The van der Waals surface area contributed by atoms with E-state index in [1.807, 2.05) is 48.5 Å². The molecule has 4 rings (SSSR count). The minimum absolute atomic E-state index is 0. The zero-order valence-corrected chi connectivity index (χ0v) is 19.2. The number of anilines is 1. The molecule has 0 bridgehead atoms. The highest BCUT2D eigenvalue weighted by molar-refractivity contribution is 6.31. The smallest absolute Gasteiger partial charge is 0.277 e. The molecule has 0 spiro atoms. The largest absolute Gasteiger partial charge is 0.488 e. The van der Waals surface area contributed by atoms with E-state index in [2.05, 4.69) is 37.7 Å². The van der Waals surface area contributed by atoms with E-state index in [4.69, 9.17) is 22.1 Å². The molecule has 0 aliphatic rings. The molecule has 3 aromatic carbocycles. The minimum atomic E-state index is -0.431. The Hall–Kier alpha value is -3.33. The van der Waals surface area contributed by atoms with Gasteiger partial charge in [0.15, 0.2) is 0 Å². The van der Waals surface area contributed by atoms with E-state index < -0.39 is 5.91 Å². The Bertz CT molecular complexity index is 1230. The molecular formula is C23H23Cl2N5O3. The van der Waals surface area contributed by atoms with Crippen molar-refractivity contribution in [3.63, 3.8) is 0 Å². The van der Waals surface area contributed by atoms with Gasteiger partial charge in [0.1, 0.15) is 12.4 Å². The summed E-state index contributed by atoms with van der Waals surface area (Å²) in [5.74, 6) is 0.313. The van der Waals surface area contributed by atoms with E-state index in [1.165, 1.54) is 0 Å². The highest BCUT2D eigenvalue weighted by atomic mass is 35.5. The normalized spacial score (nSPS) is 10.6. The van der Waals surface area contributed by atoms with E-state index in [-0.39, 0.29) is 23.9 Å². The fourth-order valence-electron chi connectivity index (χ4n) is 3.32. The highest BCUT2D eigenvalue weighted by Crippen LogP contribution is 2.29. The molecule has 4 N–H and O–H groups in total. The van der Waals surface area contributed by atoms with Gasteiger partial charge in [0, 0.05) is 35.8 Å². The number of nitrogens with one attached hydrogen (secondary N) is 2. The van der Waals surface area contributed by atoms with E-state index in [1.54, 1.807) is 0 Å². The van der Waals surface area contributed by atoms with Crippen LogP contribution in [0.3, 0.4) is 0 Å². The van der Waals surface area contributed by atoms with E-state index >= 15 is 0 Å². The number of hydrogen-bond donors (Lipinski definition) is 3. The molecular weight excluding hydrogens is 465 g/mol. The summed E-state index contributed by atoms with van der Waals surface area (Å²) in [5.41, 5.74) is 7.47. The lowest BCUT2D eigenvalue weighted by Crippen LogP contribution is -2.32. The van der Waals surface area contributed by atoms with Crippen LogP contribution in [-0.2, 0) is 13.2 Å². The second-order valence-corrected chi connectivity index (χ2v) is 7.48. The van der Waals surface area contributed by atoms with Gasteiger partial charge in [-0.3, -0.25) is 4.79 Å². The number of benzene rings is 3. The molecule has 4 aromatic rings. The van der Waals surface area contributed by atoms with Crippen LogP contribution in [-0.4, -0.2) is 29.3 Å². The predicted octanol–water partition coefficient (Wildman–Crippen LogP) is 3.98. The van der Waals surface area contributed by atoms with Crippen molar-refractivity contribution in [3.8, 4) is 5.75 Å². The molecule has 8 nitrogen and oxygen atoms in total. The molecule has 0 fully saturated rings. The van der Waals surface area contributed by atoms with Crippen LogP contribution in [0.1, 0.15) is 21.6 Å². The number of fused-ring (bicyclic) bond motifs is 1. The van der Waals surface area contributed by atoms with Crippen LogP contribution in [0.2, 0.25) is 5.02 Å². The highest BCUT2D eigenvalue weighted by Gasteiger charge is 2.15. The van der Waals surface area contributed by atoms with E-state index in [9.17, 15) is 4.79 Å². The van der Waals surface area contributed by atoms with Gasteiger partial charge in [0.2, 0.25) is 11.5 Å². The zero-order valence-electron chi connectivity index (χ0n) is 17.6. The third kappa shape index (κ3) is 5.92. The Morgan fingerprint density at radius 2 is 1.82 bits per heavy atom. The number of halogens is 2. The molecule has 0 atom stereocenters. The van der Waals surface area contributed by atoms with Gasteiger partial charge >= 0.3 is 0 Å². The SMILES string of the molecule is Cl.Nc1nonc1C(=O)NCCNCc1c(OCc2ccccc2Cl)ccc2ccccc12. The summed E-state index contributed by atoms with van der Waals surface area (Å²) in [5, 5.41) is 15.9. The average molecular weight is 488 g/mol. The fourth-order valence-corrected chi connectivity index (χ4v) is 3.51. The lowest BCUT2D eigenvalue weighted by molar-refractivity contribution is 0.0944. The molecule has 0 unspecified atom stereocenters. The maximum Gasteiger partial charge on any atom is 0.277 e.